The molecule has 2 aromatic heterocycles. The lowest BCUT2D eigenvalue weighted by molar-refractivity contribution is -0.116. The summed E-state index contributed by atoms with van der Waals surface area (Å²) >= 11 is 5.99. The van der Waals surface area contributed by atoms with E-state index < -0.39 is 0 Å². The number of aromatic nitrogens is 2. The first-order valence-corrected chi connectivity index (χ1v) is 7.58. The molecule has 0 bridgehead atoms. The Kier molecular flexibility index (Phi) is 4.11. The van der Waals surface area contributed by atoms with Gasteiger partial charge in [0.25, 0.3) is 0 Å². The average Bonchev–Trinajstić information content (AvgIpc) is 2.90. The van der Waals surface area contributed by atoms with Gasteiger partial charge in [-0.05, 0) is 30.7 Å². The fraction of sp³-hybridized carbons (Fsp3) is 0.176. The van der Waals surface area contributed by atoms with E-state index in [1.54, 1.807) is 0 Å². The summed E-state index contributed by atoms with van der Waals surface area (Å²) in [6, 6.07) is 11.4. The van der Waals surface area contributed by atoms with E-state index in [1.807, 2.05) is 60.1 Å². The van der Waals surface area contributed by atoms with Gasteiger partial charge >= 0.3 is 0 Å². The van der Waals surface area contributed by atoms with Crippen LogP contribution in [0.25, 0.3) is 16.9 Å². The number of amides is 1. The van der Waals surface area contributed by atoms with Gasteiger partial charge in [0.2, 0.25) is 5.91 Å². The molecular weight excluding hydrogens is 298 g/mol. The van der Waals surface area contributed by atoms with Gasteiger partial charge in [-0.2, -0.15) is 0 Å². The highest BCUT2D eigenvalue weighted by atomic mass is 35.5. The quantitative estimate of drug-likeness (QED) is 0.776. The van der Waals surface area contributed by atoms with Crippen molar-refractivity contribution in [1.29, 1.82) is 0 Å². The third kappa shape index (κ3) is 3.12. The molecule has 1 aromatic carbocycles. The zero-order valence-electron chi connectivity index (χ0n) is 12.2. The molecule has 3 rings (SSSR count). The Balaban J connectivity index is 1.91. The van der Waals surface area contributed by atoms with Gasteiger partial charge in [-0.3, -0.25) is 4.79 Å². The van der Waals surface area contributed by atoms with Crippen LogP contribution in [0.4, 0.5) is 5.69 Å². The van der Waals surface area contributed by atoms with E-state index in [2.05, 4.69) is 10.3 Å². The van der Waals surface area contributed by atoms with Crippen molar-refractivity contribution < 1.29 is 4.79 Å². The lowest BCUT2D eigenvalue weighted by Crippen LogP contribution is -2.10. The lowest BCUT2D eigenvalue weighted by atomic mass is 10.1. The van der Waals surface area contributed by atoms with Crippen molar-refractivity contribution in [2.24, 2.45) is 0 Å². The molecule has 1 N–H and O–H groups in total. The first-order valence-electron chi connectivity index (χ1n) is 7.20. The number of pyridine rings is 1. The van der Waals surface area contributed by atoms with Crippen molar-refractivity contribution in [2.45, 2.75) is 19.8 Å². The first-order chi connectivity index (χ1) is 10.7. The van der Waals surface area contributed by atoms with Crippen molar-refractivity contribution >= 4 is 28.8 Å². The van der Waals surface area contributed by atoms with E-state index in [-0.39, 0.29) is 5.91 Å². The van der Waals surface area contributed by atoms with E-state index in [1.165, 1.54) is 0 Å². The normalized spacial score (nSPS) is 10.8. The number of hydrogen-bond donors (Lipinski definition) is 1. The maximum Gasteiger partial charge on any atom is 0.224 e. The number of nitrogens with one attached hydrogen (secondary N) is 1. The molecule has 0 saturated carbocycles. The molecule has 0 saturated heterocycles. The monoisotopic (exact) mass is 313 g/mol. The van der Waals surface area contributed by atoms with E-state index in [0.717, 1.165) is 29.0 Å². The summed E-state index contributed by atoms with van der Waals surface area (Å²) in [4.78, 5) is 16.3. The molecule has 4 nitrogen and oxygen atoms in total. The van der Waals surface area contributed by atoms with Crippen LogP contribution in [0.3, 0.4) is 0 Å². The summed E-state index contributed by atoms with van der Waals surface area (Å²) in [5, 5.41) is 3.57. The van der Waals surface area contributed by atoms with Crippen LogP contribution < -0.4 is 5.32 Å². The number of fused-ring (bicyclic) bond motifs is 1. The predicted molar refractivity (Wildman–Crippen MR) is 89.2 cm³/mol. The Morgan fingerprint density at radius 1 is 1.27 bits per heavy atom. The van der Waals surface area contributed by atoms with Crippen LogP contribution in [-0.2, 0) is 4.79 Å². The fourth-order valence-corrected chi connectivity index (χ4v) is 2.48. The van der Waals surface area contributed by atoms with Crippen LogP contribution in [0.5, 0.6) is 0 Å². The summed E-state index contributed by atoms with van der Waals surface area (Å²) in [7, 11) is 0. The average molecular weight is 314 g/mol. The Labute approximate surface area is 133 Å². The summed E-state index contributed by atoms with van der Waals surface area (Å²) in [6.07, 6.45) is 5.10. The van der Waals surface area contributed by atoms with Crippen LogP contribution in [0, 0.1) is 0 Å². The zero-order valence-corrected chi connectivity index (χ0v) is 13.0. The number of hydrogen-bond acceptors (Lipinski definition) is 2. The van der Waals surface area contributed by atoms with Gasteiger partial charge in [-0.1, -0.05) is 30.7 Å². The molecule has 0 spiro atoms. The third-order valence-electron chi connectivity index (χ3n) is 3.33. The number of rotatable bonds is 4. The Bertz CT molecular complexity index is 826. The number of imidazole rings is 1. The van der Waals surface area contributed by atoms with Crippen LogP contribution in [-0.4, -0.2) is 15.3 Å². The van der Waals surface area contributed by atoms with Crippen LogP contribution >= 0.6 is 11.6 Å². The van der Waals surface area contributed by atoms with E-state index >= 15 is 0 Å². The van der Waals surface area contributed by atoms with Crippen molar-refractivity contribution in [3.05, 3.63) is 53.8 Å². The number of halogens is 1. The van der Waals surface area contributed by atoms with Gasteiger partial charge < -0.3 is 9.72 Å². The molecule has 3 aromatic rings. The predicted octanol–water partition coefficient (Wildman–Crippen LogP) is 4.39. The molecule has 112 valence electrons. The third-order valence-corrected chi connectivity index (χ3v) is 3.56. The minimum atomic E-state index is 0.0291. The van der Waals surface area contributed by atoms with Crippen LogP contribution in [0.15, 0.2) is 48.8 Å². The molecule has 1 amide bonds. The van der Waals surface area contributed by atoms with Gasteiger partial charge in [-0.15, -0.1) is 0 Å². The van der Waals surface area contributed by atoms with Crippen LogP contribution in [0.2, 0.25) is 5.02 Å². The number of carbonyl (C=O) groups excluding carboxylic acids is 1. The second kappa shape index (κ2) is 6.20. The van der Waals surface area contributed by atoms with Gasteiger partial charge in [0.1, 0.15) is 5.65 Å². The van der Waals surface area contributed by atoms with Crippen molar-refractivity contribution in [1.82, 2.24) is 9.38 Å². The minimum Gasteiger partial charge on any atom is -0.326 e. The molecular formula is C17H16ClN3O. The maximum absolute atomic E-state index is 11.7. The molecule has 0 aliphatic heterocycles. The second-order valence-corrected chi connectivity index (χ2v) is 5.55. The molecule has 0 fully saturated rings. The molecule has 0 aliphatic rings. The van der Waals surface area contributed by atoms with E-state index in [0.29, 0.717) is 11.4 Å². The van der Waals surface area contributed by atoms with E-state index in [4.69, 9.17) is 11.6 Å². The van der Waals surface area contributed by atoms with Gasteiger partial charge in [0.15, 0.2) is 0 Å². The Morgan fingerprint density at radius 2 is 2.14 bits per heavy atom. The second-order valence-electron chi connectivity index (χ2n) is 5.12. The fourth-order valence-electron chi connectivity index (χ4n) is 2.31. The van der Waals surface area contributed by atoms with Crippen molar-refractivity contribution in [3.63, 3.8) is 0 Å². The highest BCUT2D eigenvalue weighted by Gasteiger charge is 2.07. The molecule has 5 heteroatoms. The summed E-state index contributed by atoms with van der Waals surface area (Å²) in [5.74, 6) is 0.0291. The maximum atomic E-state index is 11.7. The van der Waals surface area contributed by atoms with Crippen molar-refractivity contribution in [3.8, 4) is 11.3 Å². The lowest BCUT2D eigenvalue weighted by Gasteiger charge is -2.05. The molecule has 0 unspecified atom stereocenters. The zero-order chi connectivity index (χ0) is 15.5. The molecule has 0 atom stereocenters. The largest absolute Gasteiger partial charge is 0.326 e. The molecule has 0 radical (unpaired) electrons. The van der Waals surface area contributed by atoms with Crippen molar-refractivity contribution in [2.75, 3.05) is 5.32 Å². The highest BCUT2D eigenvalue weighted by Crippen LogP contribution is 2.23. The topological polar surface area (TPSA) is 46.4 Å². The molecule has 2 heterocycles. The standard InChI is InChI=1S/C17H16ClN3O/c1-2-4-17(22)19-14-6-3-5-12(9-14)15-11-21-10-13(18)7-8-16(21)20-15/h3,5-11H,2,4H2,1H3,(H,19,22). The summed E-state index contributed by atoms with van der Waals surface area (Å²) in [5.41, 5.74) is 3.41. The molecule has 0 aliphatic carbocycles. The summed E-state index contributed by atoms with van der Waals surface area (Å²) in [6.45, 7) is 1.98. The van der Waals surface area contributed by atoms with Gasteiger partial charge in [0.05, 0.1) is 10.7 Å². The SMILES string of the molecule is CCCC(=O)Nc1cccc(-c2cn3cc(Cl)ccc3n2)c1. The first kappa shape index (κ1) is 14.6. The smallest absolute Gasteiger partial charge is 0.224 e. The van der Waals surface area contributed by atoms with Crippen LogP contribution in [0.1, 0.15) is 19.8 Å². The minimum absolute atomic E-state index is 0.0291. The van der Waals surface area contributed by atoms with E-state index in [9.17, 15) is 4.79 Å². The number of benzene rings is 1. The van der Waals surface area contributed by atoms with Gasteiger partial charge in [-0.25, -0.2) is 4.98 Å². The number of anilines is 1. The number of carbonyl (C=O) groups is 1. The molecule has 22 heavy (non-hydrogen) atoms. The Morgan fingerprint density at radius 3 is 2.95 bits per heavy atom. The highest BCUT2D eigenvalue weighted by molar-refractivity contribution is 6.30. The Hall–Kier alpha value is -2.33. The number of nitrogens with zero attached hydrogens (tertiary/aromatic N) is 2. The van der Waals surface area contributed by atoms with Gasteiger partial charge in [0, 0.05) is 30.1 Å². The summed E-state index contributed by atoms with van der Waals surface area (Å²) < 4.78 is 1.89.